The number of aryl methyl sites for hydroxylation is 2. The van der Waals surface area contributed by atoms with Gasteiger partial charge in [0.05, 0.1) is 12.1 Å². The number of ether oxygens (including phenoxy) is 1. The van der Waals surface area contributed by atoms with Crippen LogP contribution in [0.5, 0.6) is 0 Å². The van der Waals surface area contributed by atoms with Crippen molar-refractivity contribution < 1.29 is 14.1 Å². The lowest BCUT2D eigenvalue weighted by Gasteiger charge is -2.19. The van der Waals surface area contributed by atoms with E-state index in [9.17, 15) is 4.79 Å². The maximum absolute atomic E-state index is 11.8. The first-order chi connectivity index (χ1) is 9.15. The van der Waals surface area contributed by atoms with Crippen LogP contribution in [0, 0.1) is 6.92 Å². The Bertz CT molecular complexity index is 413. The van der Waals surface area contributed by atoms with E-state index >= 15 is 0 Å². The molecule has 6 nitrogen and oxygen atoms in total. The van der Waals surface area contributed by atoms with E-state index in [1.807, 2.05) is 6.92 Å². The molecule has 0 radical (unpaired) electrons. The van der Waals surface area contributed by atoms with E-state index in [4.69, 9.17) is 9.26 Å². The molecule has 1 aliphatic rings. The van der Waals surface area contributed by atoms with E-state index in [1.165, 1.54) is 0 Å². The Morgan fingerprint density at radius 2 is 2.42 bits per heavy atom. The van der Waals surface area contributed by atoms with E-state index in [1.54, 1.807) is 6.92 Å². The van der Waals surface area contributed by atoms with Gasteiger partial charge in [0.25, 0.3) is 0 Å². The van der Waals surface area contributed by atoms with Gasteiger partial charge in [-0.25, -0.2) is 0 Å². The van der Waals surface area contributed by atoms with Gasteiger partial charge in [-0.05, 0) is 33.1 Å². The first-order valence-corrected chi connectivity index (χ1v) is 6.85. The van der Waals surface area contributed by atoms with Crippen LogP contribution >= 0.6 is 0 Å². The summed E-state index contributed by atoms with van der Waals surface area (Å²) in [7, 11) is 0. The van der Waals surface area contributed by atoms with Crippen LogP contribution in [0.25, 0.3) is 0 Å². The highest BCUT2D eigenvalue weighted by Gasteiger charge is 2.23. The number of carbonyl (C=O) groups excluding carboxylic acids is 1. The molecule has 1 N–H and O–H groups in total. The second-order valence-electron chi connectivity index (χ2n) is 5.00. The Morgan fingerprint density at radius 1 is 1.58 bits per heavy atom. The molecule has 0 aliphatic carbocycles. The van der Waals surface area contributed by atoms with Crippen molar-refractivity contribution in [1.29, 1.82) is 0 Å². The summed E-state index contributed by atoms with van der Waals surface area (Å²) in [5, 5.41) is 6.69. The fourth-order valence-corrected chi connectivity index (χ4v) is 2.26. The molecule has 1 aromatic heterocycles. The first kappa shape index (κ1) is 14.0. The fraction of sp³-hybridized carbons (Fsp3) is 0.769. The van der Waals surface area contributed by atoms with E-state index in [0.717, 1.165) is 19.4 Å². The molecular formula is C13H21N3O3. The molecule has 2 atom stereocenters. The van der Waals surface area contributed by atoms with Crippen molar-refractivity contribution in [3.05, 3.63) is 11.7 Å². The third-order valence-corrected chi connectivity index (χ3v) is 3.28. The molecule has 106 valence electrons. The predicted octanol–water partition coefficient (Wildman–Crippen LogP) is 1.38. The highest BCUT2D eigenvalue weighted by Crippen LogP contribution is 2.15. The molecule has 1 fully saturated rings. The standard InChI is InChI=1S/C13H21N3O3/c1-9(11-5-4-8-18-11)14-12(17)6-3-7-13-15-10(2)16-19-13/h9,11H,3-8H2,1-2H3,(H,14,17)/t9-,11-/m0/s1. The highest BCUT2D eigenvalue weighted by atomic mass is 16.5. The number of hydrogen-bond donors (Lipinski definition) is 1. The van der Waals surface area contributed by atoms with Gasteiger partial charge in [-0.1, -0.05) is 5.16 Å². The molecule has 0 unspecified atom stereocenters. The Labute approximate surface area is 112 Å². The van der Waals surface area contributed by atoms with Gasteiger partial charge in [-0.3, -0.25) is 4.79 Å². The Kier molecular flexibility index (Phi) is 4.90. The summed E-state index contributed by atoms with van der Waals surface area (Å²) in [5.74, 6) is 1.28. The molecule has 2 rings (SSSR count). The van der Waals surface area contributed by atoms with Crippen molar-refractivity contribution in [2.75, 3.05) is 6.61 Å². The minimum Gasteiger partial charge on any atom is -0.376 e. The predicted molar refractivity (Wildman–Crippen MR) is 68.6 cm³/mol. The summed E-state index contributed by atoms with van der Waals surface area (Å²) < 4.78 is 10.5. The molecule has 0 saturated carbocycles. The van der Waals surface area contributed by atoms with Gasteiger partial charge in [0.1, 0.15) is 0 Å². The third kappa shape index (κ3) is 4.31. The van der Waals surface area contributed by atoms with Gasteiger partial charge < -0.3 is 14.6 Å². The van der Waals surface area contributed by atoms with Crippen LogP contribution in [0.2, 0.25) is 0 Å². The minimum absolute atomic E-state index is 0.0548. The van der Waals surface area contributed by atoms with Crippen molar-refractivity contribution in [3.8, 4) is 0 Å². The third-order valence-electron chi connectivity index (χ3n) is 3.28. The molecule has 6 heteroatoms. The van der Waals surface area contributed by atoms with Gasteiger partial charge in [0, 0.05) is 19.4 Å². The van der Waals surface area contributed by atoms with Crippen LogP contribution in [-0.2, 0) is 16.0 Å². The summed E-state index contributed by atoms with van der Waals surface area (Å²) in [5.41, 5.74) is 0. The lowest BCUT2D eigenvalue weighted by Crippen LogP contribution is -2.40. The molecular weight excluding hydrogens is 246 g/mol. The van der Waals surface area contributed by atoms with Crippen LogP contribution in [0.15, 0.2) is 4.52 Å². The zero-order chi connectivity index (χ0) is 13.7. The second-order valence-corrected chi connectivity index (χ2v) is 5.00. The number of aromatic nitrogens is 2. The molecule has 19 heavy (non-hydrogen) atoms. The molecule has 1 saturated heterocycles. The Balaban J connectivity index is 1.64. The first-order valence-electron chi connectivity index (χ1n) is 6.85. The van der Waals surface area contributed by atoms with E-state index in [0.29, 0.717) is 31.0 Å². The summed E-state index contributed by atoms with van der Waals surface area (Å²) in [6.07, 6.45) is 4.11. The summed E-state index contributed by atoms with van der Waals surface area (Å²) in [6, 6.07) is 0.0839. The van der Waals surface area contributed by atoms with Crippen molar-refractivity contribution in [3.63, 3.8) is 0 Å². The summed E-state index contributed by atoms with van der Waals surface area (Å²) in [4.78, 5) is 15.9. The largest absolute Gasteiger partial charge is 0.376 e. The average molecular weight is 267 g/mol. The molecule has 0 bridgehead atoms. The lowest BCUT2D eigenvalue weighted by molar-refractivity contribution is -0.122. The van der Waals surface area contributed by atoms with Crippen molar-refractivity contribution >= 4 is 5.91 Å². The van der Waals surface area contributed by atoms with Crippen LogP contribution in [0.4, 0.5) is 0 Å². The normalized spacial score (nSPS) is 20.4. The SMILES string of the molecule is Cc1noc(CCCC(=O)N[C@@H](C)[C@@H]2CCCO2)n1. The van der Waals surface area contributed by atoms with Crippen LogP contribution in [-0.4, -0.2) is 34.8 Å². The summed E-state index contributed by atoms with van der Waals surface area (Å²) >= 11 is 0. The van der Waals surface area contributed by atoms with Crippen molar-refractivity contribution in [1.82, 2.24) is 15.5 Å². The zero-order valence-corrected chi connectivity index (χ0v) is 11.5. The van der Waals surface area contributed by atoms with Gasteiger partial charge in [-0.2, -0.15) is 4.98 Å². The van der Waals surface area contributed by atoms with Crippen LogP contribution in [0.3, 0.4) is 0 Å². The maximum Gasteiger partial charge on any atom is 0.226 e. The molecule has 0 aromatic carbocycles. The van der Waals surface area contributed by atoms with Crippen molar-refractivity contribution in [2.45, 2.75) is 58.1 Å². The zero-order valence-electron chi connectivity index (χ0n) is 11.5. The van der Waals surface area contributed by atoms with Crippen LogP contribution < -0.4 is 5.32 Å². The topological polar surface area (TPSA) is 77.2 Å². The second kappa shape index (κ2) is 6.65. The van der Waals surface area contributed by atoms with Gasteiger partial charge in [-0.15, -0.1) is 0 Å². The fourth-order valence-electron chi connectivity index (χ4n) is 2.26. The van der Waals surface area contributed by atoms with Crippen molar-refractivity contribution in [2.24, 2.45) is 0 Å². The highest BCUT2D eigenvalue weighted by molar-refractivity contribution is 5.76. The Hall–Kier alpha value is -1.43. The molecule has 1 aromatic rings. The number of hydrogen-bond acceptors (Lipinski definition) is 5. The number of nitrogens with zero attached hydrogens (tertiary/aromatic N) is 2. The summed E-state index contributed by atoms with van der Waals surface area (Å²) in [6.45, 7) is 4.58. The van der Waals surface area contributed by atoms with Gasteiger partial charge in [0.15, 0.2) is 5.82 Å². The molecule has 2 heterocycles. The lowest BCUT2D eigenvalue weighted by atomic mass is 10.1. The smallest absolute Gasteiger partial charge is 0.226 e. The van der Waals surface area contributed by atoms with E-state index in [-0.39, 0.29) is 18.1 Å². The molecule has 1 aliphatic heterocycles. The maximum atomic E-state index is 11.8. The molecule has 0 spiro atoms. The number of nitrogens with one attached hydrogen (secondary N) is 1. The molecule has 1 amide bonds. The van der Waals surface area contributed by atoms with Gasteiger partial charge in [0.2, 0.25) is 11.8 Å². The van der Waals surface area contributed by atoms with E-state index < -0.39 is 0 Å². The number of amides is 1. The Morgan fingerprint density at radius 3 is 3.05 bits per heavy atom. The quantitative estimate of drug-likeness (QED) is 0.842. The van der Waals surface area contributed by atoms with Gasteiger partial charge >= 0.3 is 0 Å². The van der Waals surface area contributed by atoms with E-state index in [2.05, 4.69) is 15.5 Å². The number of rotatable bonds is 6. The minimum atomic E-state index is 0.0548. The average Bonchev–Trinajstić information content (AvgIpc) is 3.00. The van der Waals surface area contributed by atoms with Crippen LogP contribution in [0.1, 0.15) is 44.3 Å². The number of carbonyl (C=O) groups is 1. The monoisotopic (exact) mass is 267 g/mol.